The molecule has 0 amide bonds. The molecular weight excluding hydrogens is 180 g/mol. The Bertz CT molecular complexity index is 285. The topological polar surface area (TPSA) is 73.1 Å². The monoisotopic (exact) mass is 194 g/mol. The van der Waals surface area contributed by atoms with Crippen molar-refractivity contribution in [2.75, 3.05) is 7.11 Å². The summed E-state index contributed by atoms with van der Waals surface area (Å²) in [6.07, 6.45) is 2.48. The van der Waals surface area contributed by atoms with Crippen molar-refractivity contribution in [3.05, 3.63) is 30.5 Å². The molecular formula is C9H14N4O. The molecule has 5 nitrogen and oxygen atoms in total. The second kappa shape index (κ2) is 5.31. The molecule has 1 aromatic heterocycles. The van der Waals surface area contributed by atoms with Gasteiger partial charge in [0.2, 0.25) is 5.88 Å². The fraction of sp³-hybridized carbons (Fsp3) is 0.333. The predicted molar refractivity (Wildman–Crippen MR) is 53.5 cm³/mol. The average Bonchev–Trinajstić information content (AvgIpc) is 2.26. The highest BCUT2D eigenvalue weighted by Crippen LogP contribution is 2.14. The summed E-state index contributed by atoms with van der Waals surface area (Å²) in [6.45, 7) is 3.64. The van der Waals surface area contributed by atoms with E-state index in [2.05, 4.69) is 22.2 Å². The van der Waals surface area contributed by atoms with Gasteiger partial charge < -0.3 is 4.74 Å². The van der Waals surface area contributed by atoms with Crippen LogP contribution in [-0.2, 0) is 0 Å². The van der Waals surface area contributed by atoms with Gasteiger partial charge in [-0.05, 0) is 12.5 Å². The van der Waals surface area contributed by atoms with Gasteiger partial charge in [0, 0.05) is 6.07 Å². The predicted octanol–water partition coefficient (Wildman–Crippen LogP) is 0.566. The molecule has 1 rings (SSSR count). The van der Waals surface area contributed by atoms with Crippen molar-refractivity contribution in [2.45, 2.75) is 12.5 Å². The summed E-state index contributed by atoms with van der Waals surface area (Å²) in [5.41, 5.74) is 3.41. The minimum Gasteiger partial charge on any atom is -0.480 e. The van der Waals surface area contributed by atoms with Crippen molar-refractivity contribution in [3.8, 4) is 5.88 Å². The normalized spacial score (nSPS) is 12.1. The minimum atomic E-state index is -0.0501. The van der Waals surface area contributed by atoms with Crippen molar-refractivity contribution in [3.63, 3.8) is 0 Å². The highest BCUT2D eigenvalue weighted by atomic mass is 16.5. The van der Waals surface area contributed by atoms with Crippen LogP contribution >= 0.6 is 0 Å². The van der Waals surface area contributed by atoms with Crippen LogP contribution in [0.2, 0.25) is 0 Å². The Morgan fingerprint density at radius 1 is 1.64 bits per heavy atom. The summed E-state index contributed by atoms with van der Waals surface area (Å²) >= 11 is 0. The lowest BCUT2D eigenvalue weighted by Gasteiger charge is -2.12. The van der Waals surface area contributed by atoms with Crippen LogP contribution in [0.1, 0.15) is 18.2 Å². The molecule has 0 spiro atoms. The standard InChI is InChI=1S/C9H14N4O/c1-3-4-7(11-10)8-5-6-9(14-2)13-12-8/h3,5-7,11H,1,4,10H2,2H3. The number of ether oxygens (including phenoxy) is 1. The molecule has 0 saturated carbocycles. The van der Waals surface area contributed by atoms with Crippen molar-refractivity contribution in [1.29, 1.82) is 0 Å². The number of aromatic nitrogens is 2. The largest absolute Gasteiger partial charge is 0.480 e. The first-order chi connectivity index (χ1) is 6.81. The Morgan fingerprint density at radius 3 is 2.86 bits per heavy atom. The molecule has 0 aliphatic rings. The Hall–Kier alpha value is -1.46. The third-order valence-electron chi connectivity index (χ3n) is 1.83. The van der Waals surface area contributed by atoms with Crippen LogP contribution < -0.4 is 16.0 Å². The van der Waals surface area contributed by atoms with E-state index in [-0.39, 0.29) is 6.04 Å². The lowest BCUT2D eigenvalue weighted by molar-refractivity contribution is 0.389. The molecule has 0 aliphatic heterocycles. The van der Waals surface area contributed by atoms with Gasteiger partial charge in [-0.2, -0.15) is 5.10 Å². The van der Waals surface area contributed by atoms with Gasteiger partial charge in [-0.1, -0.05) is 6.08 Å². The quantitative estimate of drug-likeness (QED) is 0.407. The highest BCUT2D eigenvalue weighted by molar-refractivity contribution is 5.14. The lowest BCUT2D eigenvalue weighted by atomic mass is 10.1. The zero-order chi connectivity index (χ0) is 10.4. The molecule has 1 unspecified atom stereocenters. The Balaban J connectivity index is 2.77. The van der Waals surface area contributed by atoms with Gasteiger partial charge in [-0.15, -0.1) is 11.7 Å². The molecule has 0 aliphatic carbocycles. The van der Waals surface area contributed by atoms with E-state index >= 15 is 0 Å². The fourth-order valence-electron chi connectivity index (χ4n) is 1.07. The maximum atomic E-state index is 5.36. The summed E-state index contributed by atoms with van der Waals surface area (Å²) in [5, 5.41) is 7.82. The lowest BCUT2D eigenvalue weighted by Crippen LogP contribution is -2.28. The first kappa shape index (κ1) is 10.6. The van der Waals surface area contributed by atoms with Crippen LogP contribution in [0.25, 0.3) is 0 Å². The van der Waals surface area contributed by atoms with Crippen LogP contribution in [0, 0.1) is 0 Å². The van der Waals surface area contributed by atoms with E-state index in [9.17, 15) is 0 Å². The van der Waals surface area contributed by atoms with Crippen LogP contribution in [-0.4, -0.2) is 17.3 Å². The van der Waals surface area contributed by atoms with E-state index in [4.69, 9.17) is 10.6 Å². The number of rotatable bonds is 5. The summed E-state index contributed by atoms with van der Waals surface area (Å²) < 4.78 is 4.90. The second-order valence-electron chi connectivity index (χ2n) is 2.74. The fourth-order valence-corrected chi connectivity index (χ4v) is 1.07. The van der Waals surface area contributed by atoms with Gasteiger partial charge >= 0.3 is 0 Å². The van der Waals surface area contributed by atoms with E-state index in [0.29, 0.717) is 12.3 Å². The third kappa shape index (κ3) is 2.51. The minimum absolute atomic E-state index is 0.0501. The number of methoxy groups -OCH3 is 1. The number of nitrogens with one attached hydrogen (secondary N) is 1. The molecule has 1 aromatic rings. The van der Waals surface area contributed by atoms with Crippen molar-refractivity contribution >= 4 is 0 Å². The molecule has 3 N–H and O–H groups in total. The van der Waals surface area contributed by atoms with E-state index < -0.39 is 0 Å². The van der Waals surface area contributed by atoms with Gasteiger partial charge in [0.1, 0.15) is 0 Å². The molecule has 14 heavy (non-hydrogen) atoms. The van der Waals surface area contributed by atoms with Gasteiger partial charge in [0.05, 0.1) is 18.8 Å². The molecule has 76 valence electrons. The number of hydrazine groups is 1. The van der Waals surface area contributed by atoms with E-state index in [1.165, 1.54) is 0 Å². The van der Waals surface area contributed by atoms with E-state index in [1.54, 1.807) is 19.3 Å². The smallest absolute Gasteiger partial charge is 0.233 e. The van der Waals surface area contributed by atoms with E-state index in [1.807, 2.05) is 6.07 Å². The summed E-state index contributed by atoms with van der Waals surface area (Å²) in [4.78, 5) is 0. The first-order valence-electron chi connectivity index (χ1n) is 4.26. The van der Waals surface area contributed by atoms with Gasteiger partial charge in [0.15, 0.2) is 0 Å². The van der Waals surface area contributed by atoms with Gasteiger partial charge in [-0.3, -0.25) is 11.3 Å². The number of nitrogens with two attached hydrogens (primary N) is 1. The average molecular weight is 194 g/mol. The molecule has 5 heteroatoms. The molecule has 1 atom stereocenters. The van der Waals surface area contributed by atoms with Crippen LogP contribution in [0.4, 0.5) is 0 Å². The molecule has 0 aromatic carbocycles. The summed E-state index contributed by atoms with van der Waals surface area (Å²) in [7, 11) is 1.55. The van der Waals surface area contributed by atoms with Crippen molar-refractivity contribution in [2.24, 2.45) is 5.84 Å². The Morgan fingerprint density at radius 2 is 2.43 bits per heavy atom. The molecule has 0 radical (unpaired) electrons. The van der Waals surface area contributed by atoms with Crippen molar-refractivity contribution in [1.82, 2.24) is 15.6 Å². The third-order valence-corrected chi connectivity index (χ3v) is 1.83. The maximum Gasteiger partial charge on any atom is 0.233 e. The number of nitrogens with zero attached hydrogens (tertiary/aromatic N) is 2. The number of hydrogen-bond donors (Lipinski definition) is 2. The Labute approximate surface area is 82.9 Å². The molecule has 0 fully saturated rings. The second-order valence-corrected chi connectivity index (χ2v) is 2.74. The highest BCUT2D eigenvalue weighted by Gasteiger charge is 2.09. The van der Waals surface area contributed by atoms with Crippen LogP contribution in [0.3, 0.4) is 0 Å². The SMILES string of the molecule is C=CCC(NN)c1ccc(OC)nn1. The van der Waals surface area contributed by atoms with Crippen molar-refractivity contribution < 1.29 is 4.74 Å². The van der Waals surface area contributed by atoms with E-state index in [0.717, 1.165) is 5.69 Å². The van der Waals surface area contributed by atoms with Crippen LogP contribution in [0.15, 0.2) is 24.8 Å². The molecule has 0 bridgehead atoms. The maximum absolute atomic E-state index is 5.36. The zero-order valence-electron chi connectivity index (χ0n) is 8.10. The first-order valence-corrected chi connectivity index (χ1v) is 4.26. The summed E-state index contributed by atoms with van der Waals surface area (Å²) in [6, 6.07) is 3.52. The molecule has 0 saturated heterocycles. The summed E-state index contributed by atoms with van der Waals surface area (Å²) in [5.74, 6) is 5.85. The van der Waals surface area contributed by atoms with Gasteiger partial charge in [0.25, 0.3) is 0 Å². The van der Waals surface area contributed by atoms with Gasteiger partial charge in [-0.25, -0.2) is 0 Å². The zero-order valence-corrected chi connectivity index (χ0v) is 8.10. The number of hydrogen-bond acceptors (Lipinski definition) is 5. The van der Waals surface area contributed by atoms with Crippen LogP contribution in [0.5, 0.6) is 5.88 Å². The Kier molecular flexibility index (Phi) is 4.03. The molecule has 1 heterocycles.